The summed E-state index contributed by atoms with van der Waals surface area (Å²) in [6, 6.07) is 0. The van der Waals surface area contributed by atoms with Gasteiger partial charge in [-0.15, -0.1) is 0 Å². The van der Waals surface area contributed by atoms with Crippen molar-refractivity contribution in [3.05, 3.63) is 33.8 Å². The number of hydrogen-bond acceptors (Lipinski definition) is 0. The van der Waals surface area contributed by atoms with Crippen molar-refractivity contribution in [1.82, 2.24) is 0 Å². The first kappa shape index (κ1) is 36.5. The van der Waals surface area contributed by atoms with Gasteiger partial charge in [0.1, 0.15) is 0 Å². The molecule has 0 saturated heterocycles. The van der Waals surface area contributed by atoms with Crippen LogP contribution in [0.5, 0.6) is 0 Å². The van der Waals surface area contributed by atoms with Gasteiger partial charge in [0.2, 0.25) is 0 Å². The summed E-state index contributed by atoms with van der Waals surface area (Å²) in [5.74, 6) is 0. The maximum absolute atomic E-state index is 3.49. The second kappa shape index (κ2) is 101. The van der Waals surface area contributed by atoms with Crippen LogP contribution < -0.4 is 0 Å². The third-order valence-electron chi connectivity index (χ3n) is 0. The van der Waals surface area contributed by atoms with Crippen molar-refractivity contribution in [1.29, 1.82) is 0 Å². The van der Waals surface area contributed by atoms with Gasteiger partial charge in [-0.05, 0) is 0 Å². The molecule has 2 heteroatoms. The van der Waals surface area contributed by atoms with Crippen LogP contribution in [-0.2, 0) is 21.7 Å². The topological polar surface area (TPSA) is 33.5 Å². The van der Waals surface area contributed by atoms with E-state index in [1.807, 2.05) is 27.7 Å². The second-order valence-electron chi connectivity index (χ2n) is 2.00. The zero-order chi connectivity index (χ0) is 10.8. The molecule has 2 N–H and O–H groups in total. The van der Waals surface area contributed by atoms with E-state index in [4.69, 9.17) is 0 Å². The molecule has 0 spiro atoms. The van der Waals surface area contributed by atoms with Crippen molar-refractivity contribution in [3.63, 3.8) is 0 Å². The van der Waals surface area contributed by atoms with Gasteiger partial charge in [-0.2, -0.15) is 25.7 Å². The van der Waals surface area contributed by atoms with Crippen LogP contribution in [0.1, 0.15) is 53.4 Å². The van der Waals surface area contributed by atoms with Crippen LogP contribution in [0.25, 0.3) is 6.15 Å². The molecule has 14 heavy (non-hydrogen) atoms. The van der Waals surface area contributed by atoms with Crippen molar-refractivity contribution >= 4 is 0 Å². The van der Waals surface area contributed by atoms with Crippen molar-refractivity contribution in [2.45, 2.75) is 53.4 Å². The van der Waals surface area contributed by atoms with Gasteiger partial charge in [-0.25, -0.2) is 0 Å². The first-order chi connectivity index (χ1) is 5.66. The van der Waals surface area contributed by atoms with Crippen LogP contribution in [0.4, 0.5) is 0 Å². The largest absolute Gasteiger partial charge is 0.693 e. The molecule has 0 amide bonds. The molecule has 0 aromatic rings. The summed E-state index contributed by atoms with van der Waals surface area (Å²) in [4.78, 5) is 0. The van der Waals surface area contributed by atoms with E-state index in [9.17, 15) is 0 Å². The van der Waals surface area contributed by atoms with Crippen LogP contribution in [0.3, 0.4) is 0 Å². The number of rotatable bonds is 0. The maximum atomic E-state index is 3.49. The fourth-order valence-corrected chi connectivity index (χ4v) is 0. The average molecular weight is 236 g/mol. The molecule has 0 aromatic carbocycles. The normalized spacial score (nSPS) is 5.14. The van der Waals surface area contributed by atoms with E-state index in [1.165, 1.54) is 0 Å². The maximum Gasteiger partial charge on any atom is 0 e. The first-order valence-electron chi connectivity index (χ1n) is 4.83. The standard InChI is InChI=1S/4C3H7.H2N.Ti/c4*1-3-2;;/h4*1,3H2,2H3;1H2;/q5*-1;. The Morgan fingerprint density at radius 3 is 0.571 bits per heavy atom. The molecule has 92 valence electrons. The van der Waals surface area contributed by atoms with Crippen LogP contribution >= 0.6 is 0 Å². The molecule has 0 aliphatic carbocycles. The monoisotopic (exact) mass is 236 g/mol. The van der Waals surface area contributed by atoms with Gasteiger partial charge in [0, 0.05) is 21.7 Å². The van der Waals surface area contributed by atoms with Gasteiger partial charge >= 0.3 is 0 Å². The van der Waals surface area contributed by atoms with E-state index in [-0.39, 0.29) is 27.9 Å². The van der Waals surface area contributed by atoms with E-state index >= 15 is 0 Å². The minimum Gasteiger partial charge on any atom is -0.693 e. The van der Waals surface area contributed by atoms with E-state index in [2.05, 4.69) is 27.7 Å². The predicted octanol–water partition coefficient (Wildman–Crippen LogP) is 5.64. The van der Waals surface area contributed by atoms with Gasteiger partial charge in [0.15, 0.2) is 0 Å². The smallest absolute Gasteiger partial charge is 0 e. The van der Waals surface area contributed by atoms with E-state index < -0.39 is 0 Å². The molecular weight excluding hydrogens is 206 g/mol. The molecular formula is C12H30NTi-5. The van der Waals surface area contributed by atoms with Gasteiger partial charge in [0.05, 0.1) is 0 Å². The summed E-state index contributed by atoms with van der Waals surface area (Å²) in [6.07, 6.45) is 4.00. The molecule has 0 aromatic heterocycles. The Bertz CT molecular complexity index is 18.3. The third-order valence-corrected chi connectivity index (χ3v) is 0. The van der Waals surface area contributed by atoms with Gasteiger partial charge in [0.25, 0.3) is 0 Å². The quantitative estimate of drug-likeness (QED) is 0.385. The van der Waals surface area contributed by atoms with E-state index in [0.29, 0.717) is 0 Å². The molecule has 1 nitrogen and oxygen atoms in total. The molecule has 0 saturated carbocycles. The number of nitrogens with two attached hydrogens (primary N) is 1. The molecule has 0 rings (SSSR count). The molecule has 0 unspecified atom stereocenters. The average Bonchev–Trinajstić information content (AvgIpc) is 1.92. The van der Waals surface area contributed by atoms with Crippen LogP contribution in [-0.4, -0.2) is 0 Å². The molecule has 0 aliphatic heterocycles. The summed E-state index contributed by atoms with van der Waals surface area (Å²) >= 11 is 0. The minimum atomic E-state index is 0. The SMILES string of the molecule is [CH2-]CC.[CH2-]CC.[CH2-]CC.[CH2-]CC.[NH2-].[Ti]. The number of hydrogen-bond donors (Lipinski definition) is 0. The Kier molecular flexibility index (Phi) is 262. The van der Waals surface area contributed by atoms with Crippen molar-refractivity contribution < 1.29 is 21.7 Å². The fraction of sp³-hybridized carbons (Fsp3) is 0.667. The predicted molar refractivity (Wildman–Crippen MR) is 67.9 cm³/mol. The zero-order valence-electron chi connectivity index (χ0n) is 10.7. The Balaban J connectivity index is -0.0000000145. The van der Waals surface area contributed by atoms with Gasteiger partial charge in [-0.1, -0.05) is 27.7 Å². The van der Waals surface area contributed by atoms with E-state index in [1.54, 1.807) is 0 Å². The Labute approximate surface area is 109 Å². The Hall–Kier alpha value is 0.674. The summed E-state index contributed by atoms with van der Waals surface area (Å²) in [5.41, 5.74) is 0. The molecule has 0 aliphatic rings. The molecule has 0 bridgehead atoms. The summed E-state index contributed by atoms with van der Waals surface area (Å²) < 4.78 is 0. The Morgan fingerprint density at radius 2 is 0.571 bits per heavy atom. The van der Waals surface area contributed by atoms with Gasteiger partial charge < -0.3 is 33.8 Å². The van der Waals surface area contributed by atoms with Crippen molar-refractivity contribution in [2.24, 2.45) is 0 Å². The molecule has 0 fully saturated rings. The summed E-state index contributed by atoms with van der Waals surface area (Å²) in [5, 5.41) is 0. The van der Waals surface area contributed by atoms with Crippen LogP contribution in [0.2, 0.25) is 0 Å². The summed E-state index contributed by atoms with van der Waals surface area (Å²) in [6.45, 7) is 22.0. The van der Waals surface area contributed by atoms with E-state index in [0.717, 1.165) is 25.7 Å². The van der Waals surface area contributed by atoms with Crippen LogP contribution in [0, 0.1) is 27.7 Å². The zero-order valence-corrected chi connectivity index (χ0v) is 12.3. The molecule has 0 heterocycles. The Morgan fingerprint density at radius 1 is 0.571 bits per heavy atom. The van der Waals surface area contributed by atoms with Crippen molar-refractivity contribution in [2.75, 3.05) is 0 Å². The first-order valence-corrected chi connectivity index (χ1v) is 4.83. The molecule has 0 radical (unpaired) electrons. The third kappa shape index (κ3) is 3800. The fourth-order valence-electron chi connectivity index (χ4n) is 0. The molecule has 0 atom stereocenters. The second-order valence-corrected chi connectivity index (χ2v) is 2.00. The van der Waals surface area contributed by atoms with Crippen LogP contribution in [0.15, 0.2) is 0 Å². The van der Waals surface area contributed by atoms with Gasteiger partial charge in [-0.3, -0.25) is 0 Å². The minimum absolute atomic E-state index is 0. The van der Waals surface area contributed by atoms with Crippen molar-refractivity contribution in [3.8, 4) is 0 Å². The summed E-state index contributed by atoms with van der Waals surface area (Å²) in [7, 11) is 0.